The van der Waals surface area contributed by atoms with Crippen molar-refractivity contribution < 1.29 is 9.90 Å². The molecule has 0 saturated heterocycles. The van der Waals surface area contributed by atoms with E-state index >= 15 is 0 Å². The van der Waals surface area contributed by atoms with Gasteiger partial charge in [0.05, 0.1) is 6.10 Å². The standard InChI is InChI=1S/C9H14O2/c1-2-9(11)7-5-3-4-6-8-10/h2,4,6,8-9,11H,1,3,5,7H2/b6-4+/t9-/m0/s1. The average Bonchev–Trinajstić information content (AvgIpc) is 2.04. The highest BCUT2D eigenvalue weighted by molar-refractivity contribution is 5.64. The SMILES string of the molecule is C=C[C@H](O)CCC/C=C/C=O. The Morgan fingerprint density at radius 3 is 2.82 bits per heavy atom. The lowest BCUT2D eigenvalue weighted by Gasteiger charge is -2.00. The molecule has 0 aromatic heterocycles. The van der Waals surface area contributed by atoms with Crippen LogP contribution in [0.1, 0.15) is 19.3 Å². The first kappa shape index (κ1) is 10.1. The van der Waals surface area contributed by atoms with Crippen molar-refractivity contribution in [2.75, 3.05) is 0 Å². The molecule has 62 valence electrons. The summed E-state index contributed by atoms with van der Waals surface area (Å²) in [6, 6.07) is 0. The van der Waals surface area contributed by atoms with Crippen LogP contribution in [0.25, 0.3) is 0 Å². The summed E-state index contributed by atoms with van der Waals surface area (Å²) in [6.45, 7) is 3.45. The molecule has 0 aliphatic carbocycles. The van der Waals surface area contributed by atoms with Crippen molar-refractivity contribution >= 4 is 6.29 Å². The van der Waals surface area contributed by atoms with E-state index in [1.54, 1.807) is 6.08 Å². The second kappa shape index (κ2) is 7.22. The van der Waals surface area contributed by atoms with Gasteiger partial charge in [0.25, 0.3) is 0 Å². The van der Waals surface area contributed by atoms with Gasteiger partial charge in [-0.05, 0) is 25.3 Å². The molecule has 0 amide bonds. The fourth-order valence-corrected chi connectivity index (χ4v) is 0.714. The minimum Gasteiger partial charge on any atom is -0.389 e. The lowest BCUT2D eigenvalue weighted by atomic mass is 10.1. The molecule has 0 aliphatic heterocycles. The molecule has 0 radical (unpaired) electrons. The van der Waals surface area contributed by atoms with Crippen molar-refractivity contribution in [1.82, 2.24) is 0 Å². The van der Waals surface area contributed by atoms with Crippen molar-refractivity contribution in [3.8, 4) is 0 Å². The van der Waals surface area contributed by atoms with Crippen molar-refractivity contribution in [3.63, 3.8) is 0 Å². The molecule has 0 heterocycles. The molecular formula is C9H14O2. The summed E-state index contributed by atoms with van der Waals surface area (Å²) in [6.07, 6.45) is 7.57. The fourth-order valence-electron chi connectivity index (χ4n) is 0.714. The normalized spacial score (nSPS) is 13.2. The van der Waals surface area contributed by atoms with Crippen LogP contribution < -0.4 is 0 Å². The Morgan fingerprint density at radius 1 is 1.55 bits per heavy atom. The molecule has 11 heavy (non-hydrogen) atoms. The van der Waals surface area contributed by atoms with Gasteiger partial charge in [-0.15, -0.1) is 6.58 Å². The predicted octanol–water partition coefficient (Wildman–Crippen LogP) is 1.46. The lowest BCUT2D eigenvalue weighted by Crippen LogP contribution is -1.99. The third-order valence-electron chi connectivity index (χ3n) is 1.36. The smallest absolute Gasteiger partial charge is 0.142 e. The number of carbonyl (C=O) groups is 1. The number of aliphatic hydroxyl groups is 1. The molecular weight excluding hydrogens is 140 g/mol. The summed E-state index contributed by atoms with van der Waals surface area (Å²) in [5, 5.41) is 9.00. The minimum absolute atomic E-state index is 0.403. The van der Waals surface area contributed by atoms with E-state index in [-0.39, 0.29) is 0 Å². The van der Waals surface area contributed by atoms with Crippen LogP contribution >= 0.6 is 0 Å². The fraction of sp³-hybridized carbons (Fsp3) is 0.444. The zero-order valence-corrected chi connectivity index (χ0v) is 6.57. The van der Waals surface area contributed by atoms with Gasteiger partial charge in [-0.2, -0.15) is 0 Å². The highest BCUT2D eigenvalue weighted by Gasteiger charge is 1.94. The van der Waals surface area contributed by atoms with Crippen LogP contribution in [-0.2, 0) is 4.79 Å². The molecule has 2 heteroatoms. The van der Waals surface area contributed by atoms with Gasteiger partial charge in [0.2, 0.25) is 0 Å². The first-order valence-electron chi connectivity index (χ1n) is 3.72. The number of aliphatic hydroxyl groups excluding tert-OH is 1. The van der Waals surface area contributed by atoms with E-state index < -0.39 is 6.10 Å². The summed E-state index contributed by atoms with van der Waals surface area (Å²) in [5.41, 5.74) is 0. The van der Waals surface area contributed by atoms with Gasteiger partial charge in [-0.3, -0.25) is 4.79 Å². The average molecular weight is 154 g/mol. The molecule has 1 atom stereocenters. The van der Waals surface area contributed by atoms with Gasteiger partial charge in [-0.1, -0.05) is 12.2 Å². The van der Waals surface area contributed by atoms with Gasteiger partial charge >= 0.3 is 0 Å². The maximum absolute atomic E-state index is 9.81. The summed E-state index contributed by atoms with van der Waals surface area (Å²) < 4.78 is 0. The van der Waals surface area contributed by atoms with Crippen LogP contribution in [0.3, 0.4) is 0 Å². The van der Waals surface area contributed by atoms with Crippen LogP contribution in [0.4, 0.5) is 0 Å². The van der Waals surface area contributed by atoms with Gasteiger partial charge in [0.15, 0.2) is 0 Å². The molecule has 0 aromatic carbocycles. The Hall–Kier alpha value is -0.890. The third kappa shape index (κ3) is 7.00. The molecule has 0 bridgehead atoms. The highest BCUT2D eigenvalue weighted by atomic mass is 16.3. The first-order valence-corrected chi connectivity index (χ1v) is 3.72. The van der Waals surface area contributed by atoms with Crippen molar-refractivity contribution in [2.45, 2.75) is 25.4 Å². The monoisotopic (exact) mass is 154 g/mol. The second-order valence-corrected chi connectivity index (χ2v) is 2.30. The maximum Gasteiger partial charge on any atom is 0.142 e. The number of allylic oxidation sites excluding steroid dienone is 2. The number of hydrogen-bond donors (Lipinski definition) is 1. The predicted molar refractivity (Wildman–Crippen MR) is 45.3 cm³/mol. The quantitative estimate of drug-likeness (QED) is 0.272. The largest absolute Gasteiger partial charge is 0.389 e. The highest BCUT2D eigenvalue weighted by Crippen LogP contribution is 2.01. The molecule has 0 unspecified atom stereocenters. The number of aldehydes is 1. The van der Waals surface area contributed by atoms with Crippen LogP contribution in [0.15, 0.2) is 24.8 Å². The zero-order chi connectivity index (χ0) is 8.53. The molecule has 1 N–H and O–H groups in total. The van der Waals surface area contributed by atoms with Crippen LogP contribution in [0.2, 0.25) is 0 Å². The Kier molecular flexibility index (Phi) is 6.64. The number of carbonyl (C=O) groups excluding carboxylic acids is 1. The van der Waals surface area contributed by atoms with E-state index in [4.69, 9.17) is 5.11 Å². The van der Waals surface area contributed by atoms with Crippen molar-refractivity contribution in [3.05, 3.63) is 24.8 Å². The van der Waals surface area contributed by atoms with Gasteiger partial charge in [-0.25, -0.2) is 0 Å². The topological polar surface area (TPSA) is 37.3 Å². The summed E-state index contributed by atoms with van der Waals surface area (Å²) >= 11 is 0. The Morgan fingerprint density at radius 2 is 2.27 bits per heavy atom. The van der Waals surface area contributed by atoms with E-state index in [2.05, 4.69) is 6.58 Å². The van der Waals surface area contributed by atoms with Crippen LogP contribution in [0.5, 0.6) is 0 Å². The molecule has 0 spiro atoms. The zero-order valence-electron chi connectivity index (χ0n) is 6.57. The van der Waals surface area contributed by atoms with E-state index in [9.17, 15) is 4.79 Å². The van der Waals surface area contributed by atoms with Crippen LogP contribution in [-0.4, -0.2) is 17.5 Å². The molecule has 0 fully saturated rings. The Bertz CT molecular complexity index is 138. The summed E-state index contributed by atoms with van der Waals surface area (Å²) in [5.74, 6) is 0. The van der Waals surface area contributed by atoms with E-state index in [0.29, 0.717) is 6.42 Å². The molecule has 0 rings (SSSR count). The number of rotatable bonds is 6. The Labute approximate surface area is 67.2 Å². The summed E-state index contributed by atoms with van der Waals surface area (Å²) in [4.78, 5) is 9.81. The first-order chi connectivity index (χ1) is 5.31. The third-order valence-corrected chi connectivity index (χ3v) is 1.36. The van der Waals surface area contributed by atoms with Gasteiger partial charge in [0, 0.05) is 0 Å². The summed E-state index contributed by atoms with van der Waals surface area (Å²) in [7, 11) is 0. The Balaban J connectivity index is 3.20. The molecule has 0 aromatic rings. The second-order valence-electron chi connectivity index (χ2n) is 2.30. The molecule has 0 aliphatic rings. The number of unbranched alkanes of at least 4 members (excludes halogenated alkanes) is 1. The van der Waals surface area contributed by atoms with Crippen molar-refractivity contribution in [2.24, 2.45) is 0 Å². The lowest BCUT2D eigenvalue weighted by molar-refractivity contribution is -0.104. The van der Waals surface area contributed by atoms with Gasteiger partial charge in [0.1, 0.15) is 6.29 Å². The van der Waals surface area contributed by atoms with E-state index in [0.717, 1.165) is 19.1 Å². The van der Waals surface area contributed by atoms with E-state index in [1.807, 2.05) is 0 Å². The number of hydrogen-bond acceptors (Lipinski definition) is 2. The molecule has 2 nitrogen and oxygen atoms in total. The molecule has 0 saturated carbocycles. The van der Waals surface area contributed by atoms with Crippen molar-refractivity contribution in [1.29, 1.82) is 0 Å². The maximum atomic E-state index is 9.81. The minimum atomic E-state index is -0.403. The van der Waals surface area contributed by atoms with Gasteiger partial charge < -0.3 is 5.11 Å². The van der Waals surface area contributed by atoms with E-state index in [1.165, 1.54) is 12.2 Å². The van der Waals surface area contributed by atoms with Crippen LogP contribution in [0, 0.1) is 0 Å².